The molecule has 0 aliphatic rings. The number of halogens is 4. The van der Waals surface area contributed by atoms with Crippen molar-refractivity contribution in [2.24, 2.45) is 0 Å². The van der Waals surface area contributed by atoms with E-state index in [2.05, 4.69) is 0 Å². The number of hydrogen-bond acceptors (Lipinski definition) is 3. The predicted molar refractivity (Wildman–Crippen MR) is 88.3 cm³/mol. The van der Waals surface area contributed by atoms with E-state index in [1.54, 1.807) is 30.3 Å². The van der Waals surface area contributed by atoms with Gasteiger partial charge >= 0.3 is 12.1 Å². The Labute approximate surface area is 152 Å². The van der Waals surface area contributed by atoms with Gasteiger partial charge in [0.15, 0.2) is 0 Å². The average Bonchev–Trinajstić information content (AvgIpc) is 2.54. The van der Waals surface area contributed by atoms with Gasteiger partial charge in [-0.25, -0.2) is 8.42 Å². The zero-order valence-electron chi connectivity index (χ0n) is 13.0. The molecule has 2 N–H and O–H groups in total. The molecule has 0 aromatic heterocycles. The van der Waals surface area contributed by atoms with Crippen LogP contribution in [0.15, 0.2) is 53.4 Å². The second kappa shape index (κ2) is 7.65. The third kappa shape index (κ3) is 4.96. The fourth-order valence-electron chi connectivity index (χ4n) is 2.17. The standard InChI is InChI=1S/C16H13ClF3NO4S/c17-13-7-6-11(9-12(13)16(18,19)20)26(24,25)21-14(15(22)23)8-10-4-2-1-3-5-10/h1-7,9,14,21H,8H2,(H,22,23)/t14-/m1/s1. The molecule has 0 spiro atoms. The Balaban J connectivity index is 2.32. The summed E-state index contributed by atoms with van der Waals surface area (Å²) in [6, 6.07) is 8.71. The monoisotopic (exact) mass is 407 g/mol. The molecule has 1 atom stereocenters. The second-order valence-corrected chi connectivity index (χ2v) is 7.46. The highest BCUT2D eigenvalue weighted by Crippen LogP contribution is 2.35. The molecule has 140 valence electrons. The first-order valence-electron chi connectivity index (χ1n) is 7.16. The highest BCUT2D eigenvalue weighted by Gasteiger charge is 2.35. The Hall–Kier alpha value is -2.10. The van der Waals surface area contributed by atoms with Crippen molar-refractivity contribution in [2.45, 2.75) is 23.5 Å². The van der Waals surface area contributed by atoms with Crippen molar-refractivity contribution in [3.05, 3.63) is 64.7 Å². The molecule has 0 bridgehead atoms. The number of nitrogens with one attached hydrogen (secondary N) is 1. The summed E-state index contributed by atoms with van der Waals surface area (Å²) in [4.78, 5) is 10.6. The fraction of sp³-hybridized carbons (Fsp3) is 0.188. The maximum absolute atomic E-state index is 12.9. The first kappa shape index (κ1) is 20.2. The van der Waals surface area contributed by atoms with E-state index in [0.717, 1.165) is 12.1 Å². The maximum atomic E-state index is 12.9. The van der Waals surface area contributed by atoms with E-state index >= 15 is 0 Å². The number of carbonyl (C=O) groups is 1. The van der Waals surface area contributed by atoms with Gasteiger partial charge in [0.1, 0.15) is 6.04 Å². The molecule has 0 amide bonds. The maximum Gasteiger partial charge on any atom is 0.417 e. The molecule has 26 heavy (non-hydrogen) atoms. The Bertz CT molecular complexity index is 901. The van der Waals surface area contributed by atoms with Gasteiger partial charge in [0.2, 0.25) is 10.0 Å². The normalized spacial score (nSPS) is 13.4. The molecular weight excluding hydrogens is 395 g/mol. The van der Waals surface area contributed by atoms with Gasteiger partial charge in [-0.2, -0.15) is 17.9 Å². The van der Waals surface area contributed by atoms with Crippen molar-refractivity contribution < 1.29 is 31.5 Å². The van der Waals surface area contributed by atoms with E-state index in [1.807, 2.05) is 4.72 Å². The zero-order valence-corrected chi connectivity index (χ0v) is 14.6. The number of benzene rings is 2. The van der Waals surface area contributed by atoms with Gasteiger partial charge in [-0.15, -0.1) is 0 Å². The molecule has 0 heterocycles. The van der Waals surface area contributed by atoms with Crippen LogP contribution in [-0.2, 0) is 27.4 Å². The van der Waals surface area contributed by atoms with Crippen molar-refractivity contribution in [2.75, 3.05) is 0 Å². The predicted octanol–water partition coefficient (Wildman–Crippen LogP) is 3.33. The summed E-state index contributed by atoms with van der Waals surface area (Å²) in [5.41, 5.74) is -0.772. The molecular formula is C16H13ClF3NO4S. The summed E-state index contributed by atoms with van der Waals surface area (Å²) in [6.45, 7) is 0. The number of rotatable bonds is 6. The summed E-state index contributed by atoms with van der Waals surface area (Å²) in [7, 11) is -4.51. The Morgan fingerprint density at radius 3 is 2.31 bits per heavy atom. The molecule has 2 rings (SSSR count). The van der Waals surface area contributed by atoms with E-state index in [9.17, 15) is 31.5 Å². The summed E-state index contributed by atoms with van der Waals surface area (Å²) in [5, 5.41) is 8.59. The van der Waals surface area contributed by atoms with Gasteiger partial charge in [0.25, 0.3) is 0 Å². The van der Waals surface area contributed by atoms with Crippen LogP contribution in [0.3, 0.4) is 0 Å². The minimum absolute atomic E-state index is 0.172. The van der Waals surface area contributed by atoms with Crippen molar-refractivity contribution >= 4 is 27.6 Å². The minimum atomic E-state index is -4.85. The number of carboxylic acids is 1. The van der Waals surface area contributed by atoms with Crippen LogP contribution in [0.1, 0.15) is 11.1 Å². The molecule has 0 saturated carbocycles. The molecule has 0 aliphatic carbocycles. The van der Waals surface area contributed by atoms with E-state index in [4.69, 9.17) is 11.6 Å². The van der Waals surface area contributed by atoms with Crippen LogP contribution in [0.2, 0.25) is 5.02 Å². The van der Waals surface area contributed by atoms with Crippen molar-refractivity contribution in [1.29, 1.82) is 0 Å². The van der Waals surface area contributed by atoms with Gasteiger partial charge in [-0.05, 0) is 30.2 Å². The molecule has 2 aromatic rings. The fourth-order valence-corrected chi connectivity index (χ4v) is 3.61. The molecule has 2 aromatic carbocycles. The molecule has 0 fully saturated rings. The topological polar surface area (TPSA) is 83.5 Å². The van der Waals surface area contributed by atoms with Crippen LogP contribution in [-0.4, -0.2) is 25.5 Å². The molecule has 10 heteroatoms. The lowest BCUT2D eigenvalue weighted by atomic mass is 10.1. The first-order valence-corrected chi connectivity index (χ1v) is 9.02. The molecule has 5 nitrogen and oxygen atoms in total. The lowest BCUT2D eigenvalue weighted by molar-refractivity contribution is -0.139. The third-order valence-electron chi connectivity index (χ3n) is 3.43. The minimum Gasteiger partial charge on any atom is -0.480 e. The quantitative estimate of drug-likeness (QED) is 0.769. The van der Waals surface area contributed by atoms with E-state index < -0.39 is 43.7 Å². The summed E-state index contributed by atoms with van der Waals surface area (Å²) in [5.74, 6) is -1.46. The van der Waals surface area contributed by atoms with Gasteiger partial charge in [-0.3, -0.25) is 4.79 Å². The van der Waals surface area contributed by atoms with Crippen molar-refractivity contribution in [3.63, 3.8) is 0 Å². The smallest absolute Gasteiger partial charge is 0.417 e. The van der Waals surface area contributed by atoms with Crippen LogP contribution in [0.5, 0.6) is 0 Å². The van der Waals surface area contributed by atoms with Crippen LogP contribution >= 0.6 is 11.6 Å². The Kier molecular flexibility index (Phi) is 5.94. The SMILES string of the molecule is O=C(O)[C@@H](Cc1ccccc1)NS(=O)(=O)c1ccc(Cl)c(C(F)(F)F)c1. The van der Waals surface area contributed by atoms with E-state index in [1.165, 1.54) is 0 Å². The number of alkyl halides is 3. The first-order chi connectivity index (χ1) is 12.0. The summed E-state index contributed by atoms with van der Waals surface area (Å²) < 4.78 is 65.3. The number of hydrogen-bond donors (Lipinski definition) is 2. The highest BCUT2D eigenvalue weighted by atomic mass is 35.5. The molecule has 0 radical (unpaired) electrons. The number of carboxylic acid groups (broad SMARTS) is 1. The highest BCUT2D eigenvalue weighted by molar-refractivity contribution is 7.89. The van der Waals surface area contributed by atoms with Crippen LogP contribution in [0.25, 0.3) is 0 Å². The van der Waals surface area contributed by atoms with Crippen LogP contribution in [0.4, 0.5) is 13.2 Å². The molecule has 0 aliphatic heterocycles. The van der Waals surface area contributed by atoms with Crippen LogP contribution in [0, 0.1) is 0 Å². The van der Waals surface area contributed by atoms with Crippen LogP contribution < -0.4 is 4.72 Å². The van der Waals surface area contributed by atoms with Crippen molar-refractivity contribution in [1.82, 2.24) is 4.72 Å². The lowest BCUT2D eigenvalue weighted by Gasteiger charge is -2.16. The zero-order chi connectivity index (χ0) is 19.5. The van der Waals surface area contributed by atoms with Gasteiger partial charge in [-0.1, -0.05) is 41.9 Å². The largest absolute Gasteiger partial charge is 0.480 e. The molecule has 0 saturated heterocycles. The third-order valence-corrected chi connectivity index (χ3v) is 5.23. The van der Waals surface area contributed by atoms with Gasteiger partial charge in [0.05, 0.1) is 15.5 Å². The summed E-state index contributed by atoms with van der Waals surface area (Å²) >= 11 is 5.47. The lowest BCUT2D eigenvalue weighted by Crippen LogP contribution is -2.42. The van der Waals surface area contributed by atoms with Crippen molar-refractivity contribution in [3.8, 4) is 0 Å². The number of sulfonamides is 1. The van der Waals surface area contributed by atoms with E-state index in [-0.39, 0.29) is 6.42 Å². The second-order valence-electron chi connectivity index (χ2n) is 5.34. The Morgan fingerprint density at radius 2 is 1.77 bits per heavy atom. The van der Waals surface area contributed by atoms with Gasteiger partial charge < -0.3 is 5.11 Å². The number of aliphatic carboxylic acids is 1. The van der Waals surface area contributed by atoms with Gasteiger partial charge in [0, 0.05) is 0 Å². The Morgan fingerprint density at radius 1 is 1.15 bits per heavy atom. The molecule has 0 unspecified atom stereocenters. The average molecular weight is 408 g/mol. The summed E-state index contributed by atoms with van der Waals surface area (Å²) in [6.07, 6.45) is -5.02. The van der Waals surface area contributed by atoms with E-state index in [0.29, 0.717) is 11.6 Å².